The van der Waals surface area contributed by atoms with Crippen LogP contribution in [-0.4, -0.2) is 45.2 Å². The zero-order valence-corrected chi connectivity index (χ0v) is 15.7. The van der Waals surface area contributed by atoms with Gasteiger partial charge in [-0.1, -0.05) is 19.4 Å². The fourth-order valence-electron chi connectivity index (χ4n) is 7.12. The molecule has 4 rings (SSSR count). The summed E-state index contributed by atoms with van der Waals surface area (Å²) in [5.41, 5.74) is -1.22. The molecule has 0 saturated heterocycles. The molecular formula is C21H30O5. The third-order valence-corrected chi connectivity index (χ3v) is 8.59. The van der Waals surface area contributed by atoms with Crippen molar-refractivity contribution >= 4 is 11.6 Å². The quantitative estimate of drug-likeness (QED) is 0.696. The Morgan fingerprint density at radius 1 is 1.19 bits per heavy atom. The van der Waals surface area contributed by atoms with Crippen molar-refractivity contribution in [2.24, 2.45) is 28.6 Å². The van der Waals surface area contributed by atoms with Crippen LogP contribution in [-0.2, 0) is 9.59 Å². The van der Waals surface area contributed by atoms with Crippen molar-refractivity contribution in [3.8, 4) is 0 Å². The molecule has 0 aromatic rings. The van der Waals surface area contributed by atoms with Crippen molar-refractivity contribution in [2.45, 2.75) is 70.5 Å². The first-order chi connectivity index (χ1) is 12.2. The van der Waals surface area contributed by atoms with E-state index in [4.69, 9.17) is 0 Å². The van der Waals surface area contributed by atoms with E-state index in [1.54, 1.807) is 6.08 Å². The van der Waals surface area contributed by atoms with Gasteiger partial charge in [0, 0.05) is 24.2 Å². The molecule has 0 radical (unpaired) electrons. The Balaban J connectivity index is 1.74. The molecule has 3 N–H and O–H groups in total. The van der Waals surface area contributed by atoms with Crippen molar-refractivity contribution in [3.63, 3.8) is 0 Å². The molecule has 3 fully saturated rings. The second-order valence-corrected chi connectivity index (χ2v) is 9.56. The fourth-order valence-corrected chi connectivity index (χ4v) is 7.12. The molecule has 5 nitrogen and oxygen atoms in total. The van der Waals surface area contributed by atoms with Crippen LogP contribution in [0.15, 0.2) is 11.6 Å². The Kier molecular flexibility index (Phi) is 4.04. The molecule has 144 valence electrons. The van der Waals surface area contributed by atoms with Crippen LogP contribution in [0.5, 0.6) is 0 Å². The highest BCUT2D eigenvalue weighted by molar-refractivity contribution is 5.93. The van der Waals surface area contributed by atoms with Gasteiger partial charge < -0.3 is 15.3 Å². The predicted molar refractivity (Wildman–Crippen MR) is 95.1 cm³/mol. The summed E-state index contributed by atoms with van der Waals surface area (Å²) in [4.78, 5) is 25.2. The smallest absolute Gasteiger partial charge is 0.155 e. The number of hydrogen-bond donors (Lipinski definition) is 3. The van der Waals surface area contributed by atoms with Crippen LogP contribution in [0.25, 0.3) is 0 Å². The summed E-state index contributed by atoms with van der Waals surface area (Å²) in [6.45, 7) is 3.58. The van der Waals surface area contributed by atoms with Gasteiger partial charge in [-0.2, -0.15) is 0 Å². The molecule has 0 amide bonds. The van der Waals surface area contributed by atoms with Crippen molar-refractivity contribution in [3.05, 3.63) is 11.6 Å². The lowest BCUT2D eigenvalue weighted by atomic mass is 9.45. The summed E-state index contributed by atoms with van der Waals surface area (Å²) < 4.78 is 0. The van der Waals surface area contributed by atoms with Gasteiger partial charge in [-0.3, -0.25) is 9.59 Å². The number of allylic oxidation sites excluding steroid dienone is 1. The molecule has 3 unspecified atom stereocenters. The molecule has 3 saturated carbocycles. The average molecular weight is 362 g/mol. The minimum atomic E-state index is -1.41. The van der Waals surface area contributed by atoms with E-state index in [-0.39, 0.29) is 41.2 Å². The van der Waals surface area contributed by atoms with Gasteiger partial charge in [0.2, 0.25) is 0 Å². The second kappa shape index (κ2) is 5.73. The van der Waals surface area contributed by atoms with Crippen molar-refractivity contribution < 1.29 is 24.9 Å². The van der Waals surface area contributed by atoms with Gasteiger partial charge in [0.05, 0.1) is 12.2 Å². The lowest BCUT2D eigenvalue weighted by Gasteiger charge is -2.58. The van der Waals surface area contributed by atoms with E-state index in [9.17, 15) is 24.9 Å². The van der Waals surface area contributed by atoms with Crippen molar-refractivity contribution in [1.29, 1.82) is 0 Å². The third-order valence-electron chi connectivity index (χ3n) is 8.59. The number of fused-ring (bicyclic) bond motifs is 5. The Labute approximate surface area is 154 Å². The summed E-state index contributed by atoms with van der Waals surface area (Å²) >= 11 is 0. The standard InChI is InChI=1S/C21H30O5/c1-19-7-5-13(23)9-12(19)3-4-14-15-6-8-21(26,17(25)11-22)20(15,2)10-16(24)18(14)19/h9,14-15,17-18,22,25-26H,3-8,10-11H2,1-2H3/t14?,15?,17-,18?,19-,20-,21-/m0/s1. The first kappa shape index (κ1) is 18.3. The molecule has 0 aromatic carbocycles. The molecular weight excluding hydrogens is 332 g/mol. The molecule has 0 aliphatic heterocycles. The largest absolute Gasteiger partial charge is 0.394 e. The summed E-state index contributed by atoms with van der Waals surface area (Å²) in [6.07, 6.45) is 4.93. The van der Waals surface area contributed by atoms with E-state index in [1.165, 1.54) is 0 Å². The van der Waals surface area contributed by atoms with Crippen LogP contribution < -0.4 is 0 Å². The van der Waals surface area contributed by atoms with Crippen LogP contribution in [0.4, 0.5) is 0 Å². The maximum atomic E-state index is 13.3. The van der Waals surface area contributed by atoms with Crippen LogP contribution >= 0.6 is 0 Å². The van der Waals surface area contributed by atoms with Gasteiger partial charge in [0.15, 0.2) is 5.78 Å². The summed E-state index contributed by atoms with van der Waals surface area (Å²) in [5.74, 6) is 0.568. The number of hydrogen-bond acceptors (Lipinski definition) is 5. The molecule has 7 atom stereocenters. The summed E-state index contributed by atoms with van der Waals surface area (Å²) in [6, 6.07) is 0. The number of aliphatic hydroxyl groups is 3. The molecule has 0 spiro atoms. The number of carbonyl (C=O) groups is 2. The van der Waals surface area contributed by atoms with Gasteiger partial charge in [0.1, 0.15) is 11.9 Å². The SMILES string of the molecule is C[C@]12CCC(=O)C=C1CCC1C2C(=O)C[C@@]2(C)C1CC[C@]2(O)[C@@H](O)CO. The highest BCUT2D eigenvalue weighted by Gasteiger charge is 2.68. The Hall–Kier alpha value is -1.04. The fraction of sp³-hybridized carbons (Fsp3) is 0.810. The molecule has 5 heteroatoms. The molecule has 4 aliphatic rings. The summed E-state index contributed by atoms with van der Waals surface area (Å²) in [7, 11) is 0. The normalized spacial score (nSPS) is 49.1. The highest BCUT2D eigenvalue weighted by Crippen LogP contribution is 2.66. The third kappa shape index (κ3) is 2.14. The first-order valence-electron chi connectivity index (χ1n) is 9.95. The lowest BCUT2D eigenvalue weighted by Crippen LogP contribution is -2.62. The van der Waals surface area contributed by atoms with E-state index in [2.05, 4.69) is 6.92 Å². The van der Waals surface area contributed by atoms with Crippen molar-refractivity contribution in [1.82, 2.24) is 0 Å². The minimum Gasteiger partial charge on any atom is -0.394 e. The van der Waals surface area contributed by atoms with Crippen molar-refractivity contribution in [2.75, 3.05) is 6.61 Å². The number of carbonyl (C=O) groups excluding carboxylic acids is 2. The molecule has 0 aromatic heterocycles. The Bertz CT molecular complexity index is 684. The average Bonchev–Trinajstić information content (AvgIpc) is 2.86. The second-order valence-electron chi connectivity index (χ2n) is 9.56. The van der Waals surface area contributed by atoms with Gasteiger partial charge in [-0.05, 0) is 55.4 Å². The van der Waals surface area contributed by atoms with E-state index < -0.39 is 23.7 Å². The van der Waals surface area contributed by atoms with E-state index in [0.717, 1.165) is 31.3 Å². The summed E-state index contributed by atoms with van der Waals surface area (Å²) in [5, 5.41) is 31.0. The van der Waals surface area contributed by atoms with E-state index in [0.29, 0.717) is 12.8 Å². The van der Waals surface area contributed by atoms with Crippen LogP contribution in [0.3, 0.4) is 0 Å². The highest BCUT2D eigenvalue weighted by atomic mass is 16.4. The molecule has 0 bridgehead atoms. The van der Waals surface area contributed by atoms with Crippen LogP contribution in [0, 0.1) is 28.6 Å². The van der Waals surface area contributed by atoms with Gasteiger partial charge in [-0.25, -0.2) is 0 Å². The minimum absolute atomic E-state index is 0.0951. The predicted octanol–water partition coefficient (Wildman–Crippen LogP) is 1.78. The van der Waals surface area contributed by atoms with E-state index >= 15 is 0 Å². The van der Waals surface area contributed by atoms with Gasteiger partial charge in [-0.15, -0.1) is 0 Å². The number of aliphatic hydroxyl groups excluding tert-OH is 2. The number of Topliss-reactive ketones (excluding diaryl/α,β-unsaturated/α-hetero) is 1. The van der Waals surface area contributed by atoms with E-state index in [1.807, 2.05) is 6.92 Å². The Morgan fingerprint density at radius 2 is 1.92 bits per heavy atom. The van der Waals surface area contributed by atoms with Gasteiger partial charge >= 0.3 is 0 Å². The molecule has 0 heterocycles. The molecule has 4 aliphatic carbocycles. The topological polar surface area (TPSA) is 94.8 Å². The zero-order valence-electron chi connectivity index (χ0n) is 15.7. The van der Waals surface area contributed by atoms with Gasteiger partial charge in [0.25, 0.3) is 0 Å². The maximum Gasteiger partial charge on any atom is 0.155 e. The maximum absolute atomic E-state index is 13.3. The first-order valence-corrected chi connectivity index (χ1v) is 9.95. The molecule has 26 heavy (non-hydrogen) atoms. The number of rotatable bonds is 2. The Morgan fingerprint density at radius 3 is 2.62 bits per heavy atom. The van der Waals surface area contributed by atoms with Crippen LogP contribution in [0.1, 0.15) is 58.8 Å². The zero-order chi connectivity index (χ0) is 18.9. The van der Waals surface area contributed by atoms with Crippen LogP contribution in [0.2, 0.25) is 0 Å². The lowest BCUT2D eigenvalue weighted by molar-refractivity contribution is -0.187. The monoisotopic (exact) mass is 362 g/mol. The number of ketones is 2.